The predicted octanol–water partition coefficient (Wildman–Crippen LogP) is 4.69. The third-order valence-corrected chi connectivity index (χ3v) is 4.74. The van der Waals surface area contributed by atoms with Gasteiger partial charge in [-0.3, -0.25) is 4.79 Å². The van der Waals surface area contributed by atoms with Crippen molar-refractivity contribution >= 4 is 23.4 Å². The lowest BCUT2D eigenvalue weighted by Crippen LogP contribution is -2.41. The first-order valence-corrected chi connectivity index (χ1v) is 10.8. The first-order chi connectivity index (χ1) is 14.8. The molecule has 0 bridgehead atoms. The highest BCUT2D eigenvalue weighted by Crippen LogP contribution is 2.28. The van der Waals surface area contributed by atoms with Crippen LogP contribution >= 0.6 is 0 Å². The van der Waals surface area contributed by atoms with E-state index in [0.717, 1.165) is 5.69 Å². The van der Waals surface area contributed by atoms with Gasteiger partial charge < -0.3 is 15.5 Å². The first kappa shape index (κ1) is 24.9. The summed E-state index contributed by atoms with van der Waals surface area (Å²) in [5, 5.41) is 19.5. The highest BCUT2D eigenvalue weighted by atomic mass is 16.2. The van der Waals surface area contributed by atoms with Gasteiger partial charge in [-0.05, 0) is 45.4 Å². The number of carbonyl (C=O) groups excluding carboxylic acids is 2. The van der Waals surface area contributed by atoms with Crippen molar-refractivity contribution in [2.75, 3.05) is 23.7 Å². The van der Waals surface area contributed by atoms with Gasteiger partial charge in [-0.25, -0.2) is 9.48 Å². The van der Waals surface area contributed by atoms with Gasteiger partial charge in [0, 0.05) is 23.7 Å². The van der Waals surface area contributed by atoms with Gasteiger partial charge in [-0.15, -0.1) is 0 Å². The summed E-state index contributed by atoms with van der Waals surface area (Å²) in [5.74, 6) is 0.302. The summed E-state index contributed by atoms with van der Waals surface area (Å²) >= 11 is 0. The van der Waals surface area contributed by atoms with Gasteiger partial charge >= 0.3 is 6.03 Å². The average Bonchev–Trinajstić information content (AvgIpc) is 3.12. The molecule has 1 aromatic carbocycles. The van der Waals surface area contributed by atoms with Crippen LogP contribution < -0.4 is 10.6 Å². The van der Waals surface area contributed by atoms with E-state index >= 15 is 0 Å². The lowest BCUT2D eigenvalue weighted by atomic mass is 9.92. The van der Waals surface area contributed by atoms with Crippen LogP contribution in [-0.2, 0) is 15.7 Å². The normalized spacial score (nSPS) is 11.6. The number of carbonyl (C=O) groups is 2. The Hall–Kier alpha value is -3.34. The molecular weight excluding hydrogens is 404 g/mol. The lowest BCUT2D eigenvalue weighted by Gasteiger charge is -2.24. The van der Waals surface area contributed by atoms with Crippen molar-refractivity contribution < 1.29 is 9.59 Å². The van der Waals surface area contributed by atoms with Crippen LogP contribution in [0.4, 0.5) is 16.3 Å². The molecule has 0 fully saturated rings. The van der Waals surface area contributed by atoms with E-state index in [1.807, 2.05) is 44.5 Å². The number of amides is 3. The molecular formula is C24H34N6O2. The van der Waals surface area contributed by atoms with Gasteiger partial charge in [-0.2, -0.15) is 10.4 Å². The van der Waals surface area contributed by atoms with Gasteiger partial charge in [0.05, 0.1) is 22.9 Å². The summed E-state index contributed by atoms with van der Waals surface area (Å²) in [4.78, 5) is 27.1. The summed E-state index contributed by atoms with van der Waals surface area (Å²) in [7, 11) is 0. The molecule has 0 saturated heterocycles. The SMILES string of the molecule is CCCN(CC(=O)Nc1cc(C(C)(C)C)nn1C(C)(C)C)C(=O)Nc1cccc(C#N)c1. The molecule has 0 spiro atoms. The van der Waals surface area contributed by atoms with E-state index in [2.05, 4.69) is 31.4 Å². The third-order valence-electron chi connectivity index (χ3n) is 4.74. The van der Waals surface area contributed by atoms with Crippen molar-refractivity contribution in [2.24, 2.45) is 0 Å². The second-order valence-electron chi connectivity index (χ2n) is 9.84. The Balaban J connectivity index is 2.17. The van der Waals surface area contributed by atoms with E-state index in [1.54, 1.807) is 24.3 Å². The number of hydrogen-bond donors (Lipinski definition) is 2. The smallest absolute Gasteiger partial charge is 0.315 e. The quantitative estimate of drug-likeness (QED) is 0.683. The Morgan fingerprint density at radius 3 is 2.38 bits per heavy atom. The predicted molar refractivity (Wildman–Crippen MR) is 127 cm³/mol. The summed E-state index contributed by atoms with van der Waals surface area (Å²) in [6.07, 6.45) is 0.701. The third kappa shape index (κ3) is 6.58. The fourth-order valence-corrected chi connectivity index (χ4v) is 3.10. The van der Waals surface area contributed by atoms with Crippen LogP contribution in [0.15, 0.2) is 30.3 Å². The van der Waals surface area contributed by atoms with Crippen LogP contribution in [0, 0.1) is 11.3 Å². The summed E-state index contributed by atoms with van der Waals surface area (Å²) in [5.41, 5.74) is 1.35. The minimum Gasteiger partial charge on any atom is -0.315 e. The topological polar surface area (TPSA) is 103 Å². The van der Waals surface area contributed by atoms with E-state index < -0.39 is 6.03 Å². The first-order valence-electron chi connectivity index (χ1n) is 10.8. The van der Waals surface area contributed by atoms with Crippen molar-refractivity contribution in [1.29, 1.82) is 5.26 Å². The Bertz CT molecular complexity index is 1000. The zero-order chi connectivity index (χ0) is 24.1. The Kier molecular flexibility index (Phi) is 7.68. The number of nitrogens with zero attached hydrogens (tertiary/aromatic N) is 4. The van der Waals surface area contributed by atoms with Crippen LogP contribution in [0.25, 0.3) is 0 Å². The fourth-order valence-electron chi connectivity index (χ4n) is 3.10. The summed E-state index contributed by atoms with van der Waals surface area (Å²) in [6.45, 7) is 14.5. The van der Waals surface area contributed by atoms with Gasteiger partial charge in [0.15, 0.2) is 0 Å². The summed E-state index contributed by atoms with van der Waals surface area (Å²) in [6, 6.07) is 10.2. The largest absolute Gasteiger partial charge is 0.322 e. The van der Waals surface area contributed by atoms with Gasteiger partial charge in [0.25, 0.3) is 0 Å². The van der Waals surface area contributed by atoms with Crippen molar-refractivity contribution in [3.8, 4) is 6.07 Å². The molecule has 172 valence electrons. The number of anilines is 2. The molecule has 8 nitrogen and oxygen atoms in total. The number of hydrogen-bond acceptors (Lipinski definition) is 4. The van der Waals surface area contributed by atoms with Crippen LogP contribution in [-0.4, -0.2) is 39.7 Å². The molecule has 0 atom stereocenters. The number of aromatic nitrogens is 2. The molecule has 0 aliphatic heterocycles. The Morgan fingerprint density at radius 2 is 1.81 bits per heavy atom. The molecule has 0 unspecified atom stereocenters. The van der Waals surface area contributed by atoms with Gasteiger partial charge in [0.1, 0.15) is 12.4 Å². The molecule has 0 aliphatic carbocycles. The number of urea groups is 1. The zero-order valence-electron chi connectivity index (χ0n) is 20.1. The molecule has 0 saturated carbocycles. The van der Waals surface area contributed by atoms with E-state index in [0.29, 0.717) is 30.0 Å². The van der Waals surface area contributed by atoms with Crippen LogP contribution in [0.2, 0.25) is 0 Å². The average molecular weight is 439 g/mol. The monoisotopic (exact) mass is 438 g/mol. The van der Waals surface area contributed by atoms with Gasteiger partial charge in [-0.1, -0.05) is 33.8 Å². The number of nitrogens with one attached hydrogen (secondary N) is 2. The van der Waals surface area contributed by atoms with Crippen LogP contribution in [0.5, 0.6) is 0 Å². The van der Waals surface area contributed by atoms with Crippen molar-refractivity contribution in [1.82, 2.24) is 14.7 Å². The van der Waals surface area contributed by atoms with Crippen molar-refractivity contribution in [3.05, 3.63) is 41.6 Å². The number of rotatable bonds is 6. The highest BCUT2D eigenvalue weighted by Gasteiger charge is 2.26. The maximum atomic E-state index is 12.9. The van der Waals surface area contributed by atoms with E-state index in [9.17, 15) is 9.59 Å². The second-order valence-corrected chi connectivity index (χ2v) is 9.84. The van der Waals surface area contributed by atoms with Crippen molar-refractivity contribution in [2.45, 2.75) is 65.8 Å². The molecule has 8 heteroatoms. The molecule has 3 amide bonds. The molecule has 0 aliphatic rings. The lowest BCUT2D eigenvalue weighted by molar-refractivity contribution is -0.116. The highest BCUT2D eigenvalue weighted by molar-refractivity contribution is 5.96. The molecule has 2 rings (SSSR count). The molecule has 1 heterocycles. The molecule has 32 heavy (non-hydrogen) atoms. The summed E-state index contributed by atoms with van der Waals surface area (Å²) < 4.78 is 1.81. The molecule has 2 aromatic rings. The minimum absolute atomic E-state index is 0.0994. The maximum absolute atomic E-state index is 12.9. The van der Waals surface area contributed by atoms with Crippen molar-refractivity contribution in [3.63, 3.8) is 0 Å². The molecule has 2 N–H and O–H groups in total. The van der Waals surface area contributed by atoms with Crippen LogP contribution in [0.1, 0.15) is 66.1 Å². The fraction of sp³-hybridized carbons (Fsp3) is 0.500. The number of nitriles is 1. The minimum atomic E-state index is -0.392. The molecule has 1 aromatic heterocycles. The van der Waals surface area contributed by atoms with E-state index in [1.165, 1.54) is 4.90 Å². The Morgan fingerprint density at radius 1 is 1.12 bits per heavy atom. The van der Waals surface area contributed by atoms with E-state index in [-0.39, 0.29) is 23.4 Å². The Labute approximate surface area is 190 Å². The van der Waals surface area contributed by atoms with Crippen LogP contribution in [0.3, 0.4) is 0 Å². The maximum Gasteiger partial charge on any atom is 0.322 e. The standard InChI is InChI=1S/C24H34N6O2/c1-8-12-29(22(32)26-18-11-9-10-17(13-18)15-25)16-21(31)27-20-14-19(23(2,3)4)28-30(20)24(5,6)7/h9-11,13-14H,8,12,16H2,1-7H3,(H,26,32)(H,27,31). The zero-order valence-corrected chi connectivity index (χ0v) is 20.1. The van der Waals surface area contributed by atoms with Gasteiger partial charge in [0.2, 0.25) is 5.91 Å². The number of benzene rings is 1. The van der Waals surface area contributed by atoms with E-state index in [4.69, 9.17) is 10.4 Å². The second kappa shape index (κ2) is 9.86. The molecule has 0 radical (unpaired) electrons.